The summed E-state index contributed by atoms with van der Waals surface area (Å²) in [5.41, 5.74) is 0.993. The highest BCUT2D eigenvalue weighted by molar-refractivity contribution is 5.79. The molecule has 1 heterocycles. The van der Waals surface area contributed by atoms with Crippen LogP contribution in [0.25, 0.3) is 0 Å². The summed E-state index contributed by atoms with van der Waals surface area (Å²) in [6.07, 6.45) is 27.5. The van der Waals surface area contributed by atoms with Crippen molar-refractivity contribution >= 4 is 5.91 Å². The molecule has 216 valence electrons. The molecule has 0 atom stereocenters. The first kappa shape index (κ1) is 32.4. The number of hydrogen-bond acceptors (Lipinski definition) is 2. The SMILES string of the molecule is CCCCCCCC/C=C\CCCCCCCCOc1ccccc1CC(=O)NCC[N+]1(C)CCCCC1. The number of likely N-dealkylation sites (N-methyl/N-ethyl adjacent to an activating group) is 1. The molecule has 1 N–H and O–H groups in total. The minimum atomic E-state index is 0.0990. The van der Waals surface area contributed by atoms with Crippen molar-refractivity contribution in [3.05, 3.63) is 42.0 Å². The number of carbonyl (C=O) groups is 1. The number of amides is 1. The molecule has 38 heavy (non-hydrogen) atoms. The van der Waals surface area contributed by atoms with Gasteiger partial charge in [-0.25, -0.2) is 0 Å². The normalized spacial score (nSPS) is 15.1. The summed E-state index contributed by atoms with van der Waals surface area (Å²) in [5, 5.41) is 3.14. The molecule has 4 nitrogen and oxygen atoms in total. The number of carbonyl (C=O) groups excluding carboxylic acids is 1. The molecule has 1 fully saturated rings. The Morgan fingerprint density at radius 1 is 0.842 bits per heavy atom. The highest BCUT2D eigenvalue weighted by Gasteiger charge is 2.24. The Balaban J connectivity index is 1.47. The lowest BCUT2D eigenvalue weighted by molar-refractivity contribution is -0.912. The first-order chi connectivity index (χ1) is 18.6. The second-order valence-electron chi connectivity index (χ2n) is 11.8. The maximum Gasteiger partial charge on any atom is 0.224 e. The van der Waals surface area contributed by atoms with Crippen LogP contribution in [0.4, 0.5) is 0 Å². The van der Waals surface area contributed by atoms with Gasteiger partial charge in [-0.1, -0.05) is 95.1 Å². The zero-order valence-electron chi connectivity index (χ0n) is 25.0. The van der Waals surface area contributed by atoms with Crippen molar-refractivity contribution in [2.24, 2.45) is 0 Å². The predicted octanol–water partition coefficient (Wildman–Crippen LogP) is 8.39. The van der Waals surface area contributed by atoms with Gasteiger partial charge in [-0.05, 0) is 57.4 Å². The van der Waals surface area contributed by atoms with Gasteiger partial charge in [-0.3, -0.25) is 4.79 Å². The summed E-state index contributed by atoms with van der Waals surface area (Å²) in [6, 6.07) is 8.03. The second kappa shape index (κ2) is 21.1. The third kappa shape index (κ3) is 15.6. The van der Waals surface area contributed by atoms with Crippen molar-refractivity contribution in [3.8, 4) is 5.75 Å². The molecule has 1 aromatic rings. The van der Waals surface area contributed by atoms with Gasteiger partial charge >= 0.3 is 0 Å². The molecular formula is C34H59N2O2+. The van der Waals surface area contributed by atoms with Crippen LogP contribution in [0.1, 0.15) is 122 Å². The maximum absolute atomic E-state index is 12.6. The Labute approximate surface area is 235 Å². The molecular weight excluding hydrogens is 468 g/mol. The number of nitrogens with zero attached hydrogens (tertiary/aromatic N) is 1. The van der Waals surface area contributed by atoms with E-state index in [1.54, 1.807) is 0 Å². The van der Waals surface area contributed by atoms with Crippen LogP contribution in [0.3, 0.4) is 0 Å². The molecule has 4 heteroatoms. The summed E-state index contributed by atoms with van der Waals surface area (Å²) in [6.45, 7) is 7.27. The quantitative estimate of drug-likeness (QED) is 0.0934. The van der Waals surface area contributed by atoms with E-state index in [1.807, 2.05) is 24.3 Å². The van der Waals surface area contributed by atoms with Gasteiger partial charge in [0.1, 0.15) is 5.75 Å². The fourth-order valence-electron chi connectivity index (χ4n) is 5.52. The summed E-state index contributed by atoms with van der Waals surface area (Å²) >= 11 is 0. The Bertz CT molecular complexity index is 755. The van der Waals surface area contributed by atoms with Crippen molar-refractivity contribution in [3.63, 3.8) is 0 Å². The van der Waals surface area contributed by atoms with Crippen LogP contribution in [0, 0.1) is 0 Å². The molecule has 0 spiro atoms. The molecule has 0 aliphatic carbocycles. The number of unbranched alkanes of at least 4 members (excludes halogenated alkanes) is 12. The van der Waals surface area contributed by atoms with E-state index in [1.165, 1.54) is 116 Å². The monoisotopic (exact) mass is 527 g/mol. The molecule has 0 saturated carbocycles. The zero-order chi connectivity index (χ0) is 27.2. The minimum absolute atomic E-state index is 0.0990. The van der Waals surface area contributed by atoms with Gasteiger partial charge in [0.2, 0.25) is 5.91 Å². The lowest BCUT2D eigenvalue weighted by Crippen LogP contribution is -2.51. The van der Waals surface area contributed by atoms with E-state index in [2.05, 4.69) is 31.4 Å². The number of piperidine rings is 1. The molecule has 1 aromatic carbocycles. The number of quaternary nitrogens is 1. The van der Waals surface area contributed by atoms with E-state index in [0.717, 1.165) is 41.9 Å². The Kier molecular flexibility index (Phi) is 18.0. The van der Waals surface area contributed by atoms with Gasteiger partial charge < -0.3 is 14.5 Å². The largest absolute Gasteiger partial charge is 0.493 e. The lowest BCUT2D eigenvalue weighted by atomic mass is 10.1. The Morgan fingerprint density at radius 2 is 1.45 bits per heavy atom. The van der Waals surface area contributed by atoms with E-state index in [9.17, 15) is 4.79 Å². The topological polar surface area (TPSA) is 38.3 Å². The third-order valence-corrected chi connectivity index (χ3v) is 8.11. The smallest absolute Gasteiger partial charge is 0.224 e. The van der Waals surface area contributed by atoms with Crippen molar-refractivity contribution in [2.75, 3.05) is 39.8 Å². The molecule has 1 aliphatic heterocycles. The van der Waals surface area contributed by atoms with Gasteiger partial charge in [0.15, 0.2) is 0 Å². The fourth-order valence-corrected chi connectivity index (χ4v) is 5.52. The van der Waals surface area contributed by atoms with Gasteiger partial charge in [0.25, 0.3) is 0 Å². The van der Waals surface area contributed by atoms with Gasteiger partial charge in [0.05, 0.1) is 46.3 Å². The highest BCUT2D eigenvalue weighted by Crippen LogP contribution is 2.20. The summed E-state index contributed by atoms with van der Waals surface area (Å²) < 4.78 is 7.17. The van der Waals surface area contributed by atoms with E-state index >= 15 is 0 Å². The Morgan fingerprint density at radius 3 is 2.13 bits per heavy atom. The first-order valence-corrected chi connectivity index (χ1v) is 16.1. The number of allylic oxidation sites excluding steroid dienone is 2. The zero-order valence-corrected chi connectivity index (χ0v) is 25.0. The van der Waals surface area contributed by atoms with Crippen LogP contribution in [-0.2, 0) is 11.2 Å². The number of likely N-dealkylation sites (tertiary alicyclic amines) is 1. The summed E-state index contributed by atoms with van der Waals surface area (Å²) in [4.78, 5) is 12.6. The first-order valence-electron chi connectivity index (χ1n) is 16.1. The maximum atomic E-state index is 12.6. The summed E-state index contributed by atoms with van der Waals surface area (Å²) in [7, 11) is 2.32. The van der Waals surface area contributed by atoms with E-state index in [4.69, 9.17) is 4.74 Å². The Hall–Kier alpha value is -1.81. The van der Waals surface area contributed by atoms with E-state index in [-0.39, 0.29) is 5.91 Å². The number of nitrogens with one attached hydrogen (secondary N) is 1. The molecule has 1 saturated heterocycles. The molecule has 0 radical (unpaired) electrons. The molecule has 0 aromatic heterocycles. The van der Waals surface area contributed by atoms with Gasteiger partial charge in [-0.2, -0.15) is 0 Å². The number of para-hydroxylation sites is 1. The van der Waals surface area contributed by atoms with Crippen LogP contribution in [0.2, 0.25) is 0 Å². The number of benzene rings is 1. The number of ether oxygens (including phenoxy) is 1. The van der Waals surface area contributed by atoms with Crippen LogP contribution in [0.15, 0.2) is 36.4 Å². The fraction of sp³-hybridized carbons (Fsp3) is 0.735. The van der Waals surface area contributed by atoms with Crippen LogP contribution in [-0.4, -0.2) is 50.2 Å². The molecule has 1 amide bonds. The van der Waals surface area contributed by atoms with Crippen molar-refractivity contribution < 1.29 is 14.0 Å². The van der Waals surface area contributed by atoms with Crippen LogP contribution < -0.4 is 10.1 Å². The molecule has 0 bridgehead atoms. The van der Waals surface area contributed by atoms with Crippen LogP contribution >= 0.6 is 0 Å². The lowest BCUT2D eigenvalue weighted by Gasteiger charge is -2.37. The average Bonchev–Trinajstić information content (AvgIpc) is 2.91. The van der Waals surface area contributed by atoms with Gasteiger partial charge in [-0.15, -0.1) is 0 Å². The number of rotatable bonds is 22. The average molecular weight is 528 g/mol. The van der Waals surface area contributed by atoms with E-state index in [0.29, 0.717) is 6.42 Å². The van der Waals surface area contributed by atoms with Crippen LogP contribution in [0.5, 0.6) is 5.75 Å². The number of hydrogen-bond donors (Lipinski definition) is 1. The van der Waals surface area contributed by atoms with E-state index < -0.39 is 0 Å². The highest BCUT2D eigenvalue weighted by atomic mass is 16.5. The molecule has 0 unspecified atom stereocenters. The standard InChI is InChI=1S/C34H58N2O2/c1-3-4-5-6-7-8-9-10-11-12-13-14-15-16-17-23-30-38-33-25-20-19-24-32(33)31-34(37)35-26-29-36(2)27-21-18-22-28-36/h10-11,19-20,24-25H,3-9,12-18,21-23,26-31H2,1-2H3/p+1/b11-10-. The van der Waals surface area contributed by atoms with Crippen molar-refractivity contribution in [1.82, 2.24) is 5.32 Å². The predicted molar refractivity (Wildman–Crippen MR) is 163 cm³/mol. The minimum Gasteiger partial charge on any atom is -0.493 e. The summed E-state index contributed by atoms with van der Waals surface area (Å²) in [5.74, 6) is 0.965. The van der Waals surface area contributed by atoms with Crippen molar-refractivity contribution in [2.45, 2.75) is 122 Å². The van der Waals surface area contributed by atoms with Crippen molar-refractivity contribution in [1.29, 1.82) is 0 Å². The second-order valence-corrected chi connectivity index (χ2v) is 11.8. The third-order valence-electron chi connectivity index (χ3n) is 8.11. The molecule has 1 aliphatic rings. The van der Waals surface area contributed by atoms with Gasteiger partial charge in [0, 0.05) is 5.56 Å². The molecule has 2 rings (SSSR count).